The highest BCUT2D eigenvalue weighted by Crippen LogP contribution is 2.42. The van der Waals surface area contributed by atoms with Crippen LogP contribution in [0.5, 0.6) is 0 Å². The van der Waals surface area contributed by atoms with E-state index in [0.717, 1.165) is 11.4 Å². The smallest absolute Gasteiger partial charge is 0.248 e. The van der Waals surface area contributed by atoms with Crippen molar-refractivity contribution < 1.29 is 8.78 Å². The van der Waals surface area contributed by atoms with Gasteiger partial charge >= 0.3 is 0 Å². The van der Waals surface area contributed by atoms with E-state index in [0.29, 0.717) is 12.2 Å². The molecule has 5 heteroatoms. The van der Waals surface area contributed by atoms with Crippen molar-refractivity contribution in [2.45, 2.75) is 37.5 Å². The Hall–Kier alpha value is -0.710. The van der Waals surface area contributed by atoms with Crippen LogP contribution in [0.3, 0.4) is 0 Å². The number of thiazole rings is 1. The van der Waals surface area contributed by atoms with Crippen molar-refractivity contribution >= 4 is 17.2 Å². The van der Waals surface area contributed by atoms with Gasteiger partial charge in [0, 0.05) is 24.1 Å². The highest BCUT2D eigenvalue weighted by Gasteiger charge is 2.37. The summed E-state index contributed by atoms with van der Waals surface area (Å²) in [5, 5.41) is 2.48. The Balaban J connectivity index is 2.12. The lowest BCUT2D eigenvalue weighted by atomic mass is 9.87. The average Bonchev–Trinajstić information content (AvgIpc) is 2.50. The van der Waals surface area contributed by atoms with Crippen LogP contribution >= 0.6 is 11.3 Å². The second-order valence-electron chi connectivity index (χ2n) is 3.76. The van der Waals surface area contributed by atoms with Crippen molar-refractivity contribution in [3.8, 4) is 0 Å². The third-order valence-electron chi connectivity index (χ3n) is 2.53. The van der Waals surface area contributed by atoms with Gasteiger partial charge in [0.05, 0.1) is 5.01 Å². The molecule has 1 heterocycles. The van der Waals surface area contributed by atoms with Crippen LogP contribution in [0.2, 0.25) is 0 Å². The van der Waals surface area contributed by atoms with Crippen molar-refractivity contribution in [2.24, 2.45) is 0 Å². The molecule has 1 unspecified atom stereocenters. The SMILES string of the molecule is Nc1csc(C2CCCC(F)(F)C2)n1. The molecule has 1 aliphatic carbocycles. The van der Waals surface area contributed by atoms with Gasteiger partial charge in [-0.1, -0.05) is 0 Å². The molecule has 0 spiro atoms. The van der Waals surface area contributed by atoms with E-state index in [1.807, 2.05) is 0 Å². The van der Waals surface area contributed by atoms with Gasteiger partial charge in [-0.25, -0.2) is 13.8 Å². The molecule has 2 rings (SSSR count). The van der Waals surface area contributed by atoms with Crippen LogP contribution in [0.4, 0.5) is 14.6 Å². The van der Waals surface area contributed by atoms with Gasteiger partial charge in [0.15, 0.2) is 0 Å². The molecule has 1 aromatic rings. The summed E-state index contributed by atoms with van der Waals surface area (Å²) in [6.45, 7) is 0. The number of rotatable bonds is 1. The Kier molecular flexibility index (Phi) is 2.43. The van der Waals surface area contributed by atoms with Crippen LogP contribution in [0.15, 0.2) is 5.38 Å². The molecule has 0 saturated heterocycles. The summed E-state index contributed by atoms with van der Waals surface area (Å²) >= 11 is 1.39. The van der Waals surface area contributed by atoms with E-state index in [2.05, 4.69) is 4.98 Å². The number of aromatic nitrogens is 1. The lowest BCUT2D eigenvalue weighted by Crippen LogP contribution is -2.24. The zero-order valence-electron chi connectivity index (χ0n) is 7.67. The first-order chi connectivity index (χ1) is 6.57. The topological polar surface area (TPSA) is 38.9 Å². The Morgan fingerprint density at radius 3 is 2.93 bits per heavy atom. The molecule has 2 nitrogen and oxygen atoms in total. The van der Waals surface area contributed by atoms with E-state index in [-0.39, 0.29) is 18.8 Å². The van der Waals surface area contributed by atoms with Gasteiger partial charge in [0.1, 0.15) is 5.82 Å². The van der Waals surface area contributed by atoms with E-state index in [1.54, 1.807) is 5.38 Å². The summed E-state index contributed by atoms with van der Waals surface area (Å²) in [5.41, 5.74) is 5.46. The average molecular weight is 218 g/mol. The normalized spacial score (nSPS) is 26.3. The van der Waals surface area contributed by atoms with Crippen LogP contribution in [-0.4, -0.2) is 10.9 Å². The Morgan fingerprint density at radius 1 is 1.57 bits per heavy atom. The van der Waals surface area contributed by atoms with Crippen molar-refractivity contribution in [2.75, 3.05) is 5.73 Å². The van der Waals surface area contributed by atoms with E-state index in [4.69, 9.17) is 5.73 Å². The maximum absolute atomic E-state index is 13.1. The molecule has 1 saturated carbocycles. The van der Waals surface area contributed by atoms with Gasteiger partial charge in [0.2, 0.25) is 5.92 Å². The van der Waals surface area contributed by atoms with E-state index < -0.39 is 5.92 Å². The zero-order valence-corrected chi connectivity index (χ0v) is 8.49. The molecule has 0 aliphatic heterocycles. The number of anilines is 1. The van der Waals surface area contributed by atoms with Gasteiger partial charge in [-0.15, -0.1) is 11.3 Å². The third-order valence-corrected chi connectivity index (χ3v) is 3.55. The number of halogens is 2. The van der Waals surface area contributed by atoms with Crippen LogP contribution in [0, 0.1) is 0 Å². The maximum Gasteiger partial charge on any atom is 0.248 e. The van der Waals surface area contributed by atoms with Crippen LogP contribution < -0.4 is 5.73 Å². The van der Waals surface area contributed by atoms with Crippen molar-refractivity contribution in [1.29, 1.82) is 0 Å². The van der Waals surface area contributed by atoms with Crippen molar-refractivity contribution in [1.82, 2.24) is 4.98 Å². The molecule has 1 aliphatic rings. The number of nitrogen functional groups attached to an aromatic ring is 1. The van der Waals surface area contributed by atoms with Gasteiger partial charge in [0.25, 0.3) is 0 Å². The summed E-state index contributed by atoms with van der Waals surface area (Å²) in [4.78, 5) is 4.06. The minimum absolute atomic E-state index is 0.0182. The second kappa shape index (κ2) is 3.46. The highest BCUT2D eigenvalue weighted by molar-refractivity contribution is 7.10. The molecular formula is C9H12F2N2S. The van der Waals surface area contributed by atoms with Crippen LogP contribution in [0.1, 0.15) is 36.6 Å². The molecule has 14 heavy (non-hydrogen) atoms. The molecule has 1 fully saturated rings. The van der Waals surface area contributed by atoms with Crippen LogP contribution in [-0.2, 0) is 0 Å². The summed E-state index contributed by atoms with van der Waals surface area (Å²) in [6.07, 6.45) is 1.34. The molecule has 0 radical (unpaired) electrons. The third kappa shape index (κ3) is 2.03. The van der Waals surface area contributed by atoms with Gasteiger partial charge in [-0.05, 0) is 12.8 Å². The van der Waals surface area contributed by atoms with Gasteiger partial charge in [-0.2, -0.15) is 0 Å². The molecule has 0 amide bonds. The molecule has 2 N–H and O–H groups in total. The lowest BCUT2D eigenvalue weighted by Gasteiger charge is -2.27. The summed E-state index contributed by atoms with van der Waals surface area (Å²) in [7, 11) is 0. The van der Waals surface area contributed by atoms with E-state index in [9.17, 15) is 8.78 Å². The fourth-order valence-electron chi connectivity index (χ4n) is 1.87. The molecular weight excluding hydrogens is 206 g/mol. The molecule has 0 bridgehead atoms. The standard InChI is InChI=1S/C9H12F2N2S/c10-9(11)3-1-2-6(4-9)8-13-7(12)5-14-8/h5-6H,1-4,12H2. The predicted octanol–water partition coefficient (Wildman–Crippen LogP) is 3.02. The largest absolute Gasteiger partial charge is 0.383 e. The first kappa shape index (κ1) is 9.83. The van der Waals surface area contributed by atoms with Crippen molar-refractivity contribution in [3.63, 3.8) is 0 Å². The minimum atomic E-state index is -2.51. The summed E-state index contributed by atoms with van der Waals surface area (Å²) in [6, 6.07) is 0. The van der Waals surface area contributed by atoms with Gasteiger partial charge in [-0.3, -0.25) is 0 Å². The minimum Gasteiger partial charge on any atom is -0.383 e. The lowest BCUT2D eigenvalue weighted by molar-refractivity contribution is -0.0408. The predicted molar refractivity (Wildman–Crippen MR) is 52.7 cm³/mol. The monoisotopic (exact) mass is 218 g/mol. The van der Waals surface area contributed by atoms with Crippen molar-refractivity contribution in [3.05, 3.63) is 10.4 Å². The molecule has 0 aromatic carbocycles. The molecule has 78 valence electrons. The quantitative estimate of drug-likeness (QED) is 0.787. The fraction of sp³-hybridized carbons (Fsp3) is 0.667. The Labute approximate surface area is 85.1 Å². The molecule has 1 atom stereocenters. The summed E-state index contributed by atoms with van der Waals surface area (Å²) in [5.74, 6) is -2.16. The number of nitrogens with two attached hydrogens (primary N) is 1. The zero-order chi connectivity index (χ0) is 10.2. The van der Waals surface area contributed by atoms with E-state index >= 15 is 0 Å². The first-order valence-electron chi connectivity index (χ1n) is 4.65. The fourth-order valence-corrected chi connectivity index (χ4v) is 2.72. The Morgan fingerprint density at radius 2 is 2.36 bits per heavy atom. The Bertz CT molecular complexity index is 324. The number of alkyl halides is 2. The number of hydrogen-bond acceptors (Lipinski definition) is 3. The van der Waals surface area contributed by atoms with Gasteiger partial charge < -0.3 is 5.73 Å². The number of hydrogen-bond donors (Lipinski definition) is 1. The van der Waals surface area contributed by atoms with E-state index in [1.165, 1.54) is 11.3 Å². The highest BCUT2D eigenvalue weighted by atomic mass is 32.1. The number of nitrogens with zero attached hydrogens (tertiary/aromatic N) is 1. The molecule has 1 aromatic heterocycles. The second-order valence-corrected chi connectivity index (χ2v) is 4.65. The van der Waals surface area contributed by atoms with Crippen LogP contribution in [0.25, 0.3) is 0 Å². The maximum atomic E-state index is 13.1. The summed E-state index contributed by atoms with van der Waals surface area (Å²) < 4.78 is 26.2. The first-order valence-corrected chi connectivity index (χ1v) is 5.53.